The van der Waals surface area contributed by atoms with Crippen molar-refractivity contribution in [1.29, 1.82) is 0 Å². The van der Waals surface area contributed by atoms with Crippen LogP contribution in [0, 0.1) is 11.6 Å². The van der Waals surface area contributed by atoms with Crippen LogP contribution in [0.4, 0.5) is 20.3 Å². The lowest BCUT2D eigenvalue weighted by Gasteiger charge is -2.18. The summed E-state index contributed by atoms with van der Waals surface area (Å²) >= 11 is 0. The van der Waals surface area contributed by atoms with E-state index in [1.165, 1.54) is 6.07 Å². The van der Waals surface area contributed by atoms with Crippen LogP contribution in [0.2, 0.25) is 0 Å². The van der Waals surface area contributed by atoms with E-state index in [-0.39, 0.29) is 0 Å². The van der Waals surface area contributed by atoms with Crippen LogP contribution in [-0.2, 0) is 6.54 Å². The van der Waals surface area contributed by atoms with E-state index in [2.05, 4.69) is 19.9 Å². The largest absolute Gasteiger partial charge is 0.343 e. The molecule has 0 atom stereocenters. The average Bonchev–Trinajstić information content (AvgIpc) is 2.93. The van der Waals surface area contributed by atoms with Gasteiger partial charge in [-0.15, -0.1) is 0 Å². The average molecular weight is 339 g/mol. The molecule has 0 unspecified atom stereocenters. The van der Waals surface area contributed by atoms with E-state index in [1.54, 1.807) is 30.7 Å². The van der Waals surface area contributed by atoms with E-state index in [4.69, 9.17) is 0 Å². The molecule has 0 N–H and O–H groups in total. The Morgan fingerprint density at radius 2 is 1.80 bits per heavy atom. The maximum atomic E-state index is 13.5. The predicted octanol–water partition coefficient (Wildman–Crippen LogP) is 3.23. The number of hydrogen-bond acceptors (Lipinski definition) is 5. The number of nitrogens with zero attached hydrogens (tertiary/aromatic N) is 5. The van der Waals surface area contributed by atoms with Gasteiger partial charge in [0.15, 0.2) is 17.5 Å². The third kappa shape index (κ3) is 2.88. The second-order valence-electron chi connectivity index (χ2n) is 5.90. The van der Waals surface area contributed by atoms with Gasteiger partial charge in [0.2, 0.25) is 0 Å². The van der Waals surface area contributed by atoms with Crippen molar-refractivity contribution in [3.63, 3.8) is 0 Å². The molecule has 1 aromatic carbocycles. The van der Waals surface area contributed by atoms with E-state index in [0.29, 0.717) is 24.6 Å². The molecule has 25 heavy (non-hydrogen) atoms. The second kappa shape index (κ2) is 6.08. The quantitative estimate of drug-likeness (QED) is 0.733. The van der Waals surface area contributed by atoms with Gasteiger partial charge in [0.1, 0.15) is 5.82 Å². The maximum absolute atomic E-state index is 13.5. The van der Waals surface area contributed by atoms with E-state index in [9.17, 15) is 8.78 Å². The molecule has 3 heterocycles. The van der Waals surface area contributed by atoms with Crippen LogP contribution in [0.5, 0.6) is 0 Å². The fourth-order valence-electron chi connectivity index (χ4n) is 2.92. The predicted molar refractivity (Wildman–Crippen MR) is 91.1 cm³/mol. The van der Waals surface area contributed by atoms with Gasteiger partial charge in [-0.2, -0.15) is 0 Å². The van der Waals surface area contributed by atoms with Gasteiger partial charge in [0.05, 0.1) is 18.9 Å². The molecule has 7 heteroatoms. The summed E-state index contributed by atoms with van der Waals surface area (Å²) in [6.45, 7) is 1.20. The molecular weight excluding hydrogens is 324 g/mol. The van der Waals surface area contributed by atoms with Gasteiger partial charge in [-0.05, 0) is 29.8 Å². The first kappa shape index (κ1) is 15.4. The van der Waals surface area contributed by atoms with Crippen molar-refractivity contribution in [2.24, 2.45) is 0 Å². The summed E-state index contributed by atoms with van der Waals surface area (Å²) in [6, 6.07) is 7.56. The number of aromatic nitrogens is 3. The van der Waals surface area contributed by atoms with Crippen molar-refractivity contribution >= 4 is 11.5 Å². The van der Waals surface area contributed by atoms with Gasteiger partial charge in [-0.3, -0.25) is 0 Å². The minimum absolute atomic E-state index is 0.543. The SMILES string of the molecule is CN1CN(Cc2ncccn2)c2cc(-c3ccc(F)c(F)c3)cnc21. The Labute approximate surface area is 143 Å². The third-order valence-corrected chi connectivity index (χ3v) is 4.14. The highest BCUT2D eigenvalue weighted by Crippen LogP contribution is 2.36. The summed E-state index contributed by atoms with van der Waals surface area (Å²) in [5, 5.41) is 0. The molecule has 3 aromatic rings. The molecule has 0 saturated heterocycles. The lowest BCUT2D eigenvalue weighted by molar-refractivity contribution is 0.509. The summed E-state index contributed by atoms with van der Waals surface area (Å²) in [4.78, 5) is 17.1. The molecule has 0 amide bonds. The van der Waals surface area contributed by atoms with Gasteiger partial charge in [-0.25, -0.2) is 23.7 Å². The highest BCUT2D eigenvalue weighted by Gasteiger charge is 2.26. The Morgan fingerprint density at radius 1 is 1.00 bits per heavy atom. The molecule has 1 aliphatic rings. The van der Waals surface area contributed by atoms with Crippen LogP contribution in [0.1, 0.15) is 5.82 Å². The van der Waals surface area contributed by atoms with Crippen molar-refractivity contribution in [2.45, 2.75) is 6.54 Å². The maximum Gasteiger partial charge on any atom is 0.159 e. The Balaban J connectivity index is 1.70. The first-order chi connectivity index (χ1) is 12.1. The smallest absolute Gasteiger partial charge is 0.159 e. The van der Waals surface area contributed by atoms with Gasteiger partial charge < -0.3 is 9.80 Å². The zero-order chi connectivity index (χ0) is 17.4. The van der Waals surface area contributed by atoms with Gasteiger partial charge >= 0.3 is 0 Å². The summed E-state index contributed by atoms with van der Waals surface area (Å²) in [7, 11) is 1.95. The monoisotopic (exact) mass is 339 g/mol. The zero-order valence-electron chi connectivity index (χ0n) is 13.5. The summed E-state index contributed by atoms with van der Waals surface area (Å²) in [5.41, 5.74) is 2.23. The van der Waals surface area contributed by atoms with Crippen LogP contribution in [0.15, 0.2) is 48.9 Å². The fourth-order valence-corrected chi connectivity index (χ4v) is 2.92. The first-order valence-corrected chi connectivity index (χ1v) is 7.79. The van der Waals surface area contributed by atoms with Crippen molar-refractivity contribution in [3.05, 3.63) is 66.4 Å². The molecule has 4 rings (SSSR count). The number of benzene rings is 1. The standard InChI is InChI=1S/C18H15F2N5/c1-24-11-25(10-17-21-5-2-6-22-17)16-8-13(9-23-18(16)24)12-3-4-14(19)15(20)7-12/h2-9H,10-11H2,1H3. The summed E-state index contributed by atoms with van der Waals surface area (Å²) in [5.74, 6) is -0.186. The summed E-state index contributed by atoms with van der Waals surface area (Å²) in [6.07, 6.45) is 5.09. The van der Waals surface area contributed by atoms with Gasteiger partial charge in [-0.1, -0.05) is 6.07 Å². The van der Waals surface area contributed by atoms with Crippen LogP contribution in [-0.4, -0.2) is 28.7 Å². The number of anilines is 2. The highest BCUT2D eigenvalue weighted by molar-refractivity contribution is 5.78. The third-order valence-electron chi connectivity index (χ3n) is 4.14. The Kier molecular flexibility index (Phi) is 3.76. The molecule has 5 nitrogen and oxygen atoms in total. The number of fused-ring (bicyclic) bond motifs is 1. The molecule has 0 bridgehead atoms. The molecule has 0 fully saturated rings. The highest BCUT2D eigenvalue weighted by atomic mass is 19.2. The Hall–Kier alpha value is -3.09. The Morgan fingerprint density at radius 3 is 2.56 bits per heavy atom. The molecule has 2 aromatic heterocycles. The molecular formula is C18H15F2N5. The molecule has 0 saturated carbocycles. The number of pyridine rings is 1. The number of halogens is 2. The number of hydrogen-bond donors (Lipinski definition) is 0. The molecule has 0 aliphatic carbocycles. The second-order valence-corrected chi connectivity index (χ2v) is 5.90. The van der Waals surface area contributed by atoms with Crippen LogP contribution < -0.4 is 9.80 Å². The van der Waals surface area contributed by atoms with Crippen LogP contribution in [0.3, 0.4) is 0 Å². The summed E-state index contributed by atoms with van der Waals surface area (Å²) < 4.78 is 26.7. The first-order valence-electron chi connectivity index (χ1n) is 7.79. The van der Waals surface area contributed by atoms with Crippen LogP contribution >= 0.6 is 0 Å². The fraction of sp³-hybridized carbons (Fsp3) is 0.167. The minimum atomic E-state index is -0.871. The van der Waals surface area contributed by atoms with Crippen molar-refractivity contribution in [3.8, 4) is 11.1 Å². The molecule has 126 valence electrons. The van der Waals surface area contributed by atoms with E-state index < -0.39 is 11.6 Å². The lowest BCUT2D eigenvalue weighted by Crippen LogP contribution is -2.28. The Bertz CT molecular complexity index is 917. The molecule has 0 spiro atoms. The van der Waals surface area contributed by atoms with Crippen molar-refractivity contribution in [2.75, 3.05) is 23.5 Å². The minimum Gasteiger partial charge on any atom is -0.343 e. The van der Waals surface area contributed by atoms with E-state index in [1.807, 2.05) is 18.0 Å². The topological polar surface area (TPSA) is 45.2 Å². The zero-order valence-corrected chi connectivity index (χ0v) is 13.5. The van der Waals surface area contributed by atoms with Gasteiger partial charge in [0, 0.05) is 31.2 Å². The van der Waals surface area contributed by atoms with E-state index >= 15 is 0 Å². The normalized spacial score (nSPS) is 13.2. The van der Waals surface area contributed by atoms with Crippen LogP contribution in [0.25, 0.3) is 11.1 Å². The van der Waals surface area contributed by atoms with E-state index in [0.717, 1.165) is 23.1 Å². The van der Waals surface area contributed by atoms with Gasteiger partial charge in [0.25, 0.3) is 0 Å². The van der Waals surface area contributed by atoms with Crippen molar-refractivity contribution in [1.82, 2.24) is 15.0 Å². The van der Waals surface area contributed by atoms with Crippen molar-refractivity contribution < 1.29 is 8.78 Å². The molecule has 1 aliphatic heterocycles. The lowest BCUT2D eigenvalue weighted by atomic mass is 10.1. The molecule has 0 radical (unpaired) electrons. The number of rotatable bonds is 3.